The van der Waals surface area contributed by atoms with E-state index in [1.54, 1.807) is 0 Å². The lowest BCUT2D eigenvalue weighted by Gasteiger charge is -2.04. The summed E-state index contributed by atoms with van der Waals surface area (Å²) in [5.74, 6) is 0. The lowest BCUT2D eigenvalue weighted by Crippen LogP contribution is -1.98. The van der Waals surface area contributed by atoms with Crippen molar-refractivity contribution < 1.29 is 4.74 Å². The maximum atomic E-state index is 5.65. The van der Waals surface area contributed by atoms with E-state index in [9.17, 15) is 0 Å². The first-order valence-corrected chi connectivity index (χ1v) is 6.63. The lowest BCUT2D eigenvalue weighted by atomic mass is 10.1. The van der Waals surface area contributed by atoms with Gasteiger partial charge in [0.15, 0.2) is 0 Å². The number of hydrogen-bond donors (Lipinski definition) is 0. The average molecular weight is 232 g/mol. The summed E-state index contributed by atoms with van der Waals surface area (Å²) in [5, 5.41) is 0. The normalized spacial score (nSPS) is 11.8. The Morgan fingerprint density at radius 2 is 1.88 bits per heavy atom. The average Bonchev–Trinajstić information content (AvgIpc) is 2.35. The number of rotatable bonds is 8. The van der Waals surface area contributed by atoms with E-state index in [0.29, 0.717) is 0 Å². The van der Waals surface area contributed by atoms with Crippen LogP contribution < -0.4 is 0 Å². The summed E-state index contributed by atoms with van der Waals surface area (Å²) in [6, 6.07) is 10.4. The van der Waals surface area contributed by atoms with Gasteiger partial charge in [0.25, 0.3) is 0 Å². The van der Waals surface area contributed by atoms with Crippen molar-refractivity contribution in [3.8, 4) is 0 Å². The van der Waals surface area contributed by atoms with Gasteiger partial charge in [0, 0.05) is 6.61 Å². The molecule has 0 unspecified atom stereocenters. The van der Waals surface area contributed by atoms with E-state index in [-0.39, 0.29) is 0 Å². The molecule has 0 atom stereocenters. The first-order valence-electron chi connectivity index (χ1n) is 6.63. The molecule has 0 amide bonds. The van der Waals surface area contributed by atoms with E-state index in [4.69, 9.17) is 4.74 Å². The molecule has 0 N–H and O–H groups in total. The second-order valence-electron chi connectivity index (χ2n) is 4.51. The number of unbranched alkanes of at least 4 members (excludes halogenated alkanes) is 3. The van der Waals surface area contributed by atoms with Crippen LogP contribution in [0.3, 0.4) is 0 Å². The Morgan fingerprint density at radius 3 is 2.59 bits per heavy atom. The minimum absolute atomic E-state index is 0.751. The molecule has 0 saturated carbocycles. The highest BCUT2D eigenvalue weighted by molar-refractivity contribution is 5.52. The van der Waals surface area contributed by atoms with Crippen LogP contribution in [0.1, 0.15) is 45.1 Å². The van der Waals surface area contributed by atoms with Crippen molar-refractivity contribution in [1.29, 1.82) is 0 Å². The molecule has 94 valence electrons. The summed E-state index contributed by atoms with van der Waals surface area (Å²) in [4.78, 5) is 0. The van der Waals surface area contributed by atoms with E-state index in [0.717, 1.165) is 13.2 Å². The molecule has 1 heteroatoms. The van der Waals surface area contributed by atoms with Gasteiger partial charge in [-0.05, 0) is 24.5 Å². The molecule has 0 spiro atoms. The molecule has 0 aromatic heterocycles. The van der Waals surface area contributed by atoms with Gasteiger partial charge in [-0.25, -0.2) is 0 Å². The van der Waals surface area contributed by atoms with Gasteiger partial charge >= 0.3 is 0 Å². The standard InChI is InChI=1S/C16H24O/c1-3-4-5-9-12-17-14-15(2)13-16-10-7-6-8-11-16/h6-8,10-11,13H,3-5,9,12,14H2,1-2H3. The Balaban J connectivity index is 2.17. The van der Waals surface area contributed by atoms with Gasteiger partial charge in [-0.1, -0.05) is 62.6 Å². The summed E-state index contributed by atoms with van der Waals surface area (Å²) >= 11 is 0. The zero-order chi connectivity index (χ0) is 12.3. The third-order valence-corrected chi connectivity index (χ3v) is 2.68. The SMILES string of the molecule is CCCCCCOCC(C)=Cc1ccccc1. The minimum Gasteiger partial charge on any atom is -0.377 e. The molecule has 0 aliphatic rings. The Bertz CT molecular complexity index is 314. The smallest absolute Gasteiger partial charge is 0.0677 e. The first kappa shape index (κ1) is 14.0. The Morgan fingerprint density at radius 1 is 1.12 bits per heavy atom. The molecule has 0 aliphatic carbocycles. The highest BCUT2D eigenvalue weighted by atomic mass is 16.5. The van der Waals surface area contributed by atoms with Crippen molar-refractivity contribution in [1.82, 2.24) is 0 Å². The van der Waals surface area contributed by atoms with Crippen LogP contribution in [0.25, 0.3) is 6.08 Å². The van der Waals surface area contributed by atoms with Crippen molar-refractivity contribution >= 4 is 6.08 Å². The zero-order valence-corrected chi connectivity index (χ0v) is 11.1. The monoisotopic (exact) mass is 232 g/mol. The van der Waals surface area contributed by atoms with Crippen LogP contribution >= 0.6 is 0 Å². The lowest BCUT2D eigenvalue weighted by molar-refractivity contribution is 0.152. The fourth-order valence-corrected chi connectivity index (χ4v) is 1.74. The molecule has 1 aromatic rings. The van der Waals surface area contributed by atoms with Gasteiger partial charge in [0.05, 0.1) is 6.61 Å². The number of hydrogen-bond acceptors (Lipinski definition) is 1. The molecule has 1 nitrogen and oxygen atoms in total. The Kier molecular flexibility index (Phi) is 7.40. The van der Waals surface area contributed by atoms with Crippen LogP contribution in [0.4, 0.5) is 0 Å². The fraction of sp³-hybridized carbons (Fsp3) is 0.500. The van der Waals surface area contributed by atoms with Gasteiger partial charge in [-0.3, -0.25) is 0 Å². The largest absolute Gasteiger partial charge is 0.377 e. The van der Waals surface area contributed by atoms with Gasteiger partial charge in [-0.2, -0.15) is 0 Å². The molecule has 17 heavy (non-hydrogen) atoms. The van der Waals surface area contributed by atoms with Crippen molar-refractivity contribution in [2.45, 2.75) is 39.5 Å². The second kappa shape index (κ2) is 9.00. The second-order valence-corrected chi connectivity index (χ2v) is 4.51. The molecular weight excluding hydrogens is 208 g/mol. The molecule has 0 heterocycles. The summed E-state index contributed by atoms with van der Waals surface area (Å²) in [6.07, 6.45) is 7.27. The zero-order valence-electron chi connectivity index (χ0n) is 11.1. The van der Waals surface area contributed by atoms with Crippen LogP contribution in [0.15, 0.2) is 35.9 Å². The number of benzene rings is 1. The van der Waals surface area contributed by atoms with E-state index >= 15 is 0 Å². The summed E-state index contributed by atoms with van der Waals surface area (Å²) in [5.41, 5.74) is 2.53. The van der Waals surface area contributed by atoms with Crippen LogP contribution in [0.5, 0.6) is 0 Å². The third-order valence-electron chi connectivity index (χ3n) is 2.68. The third kappa shape index (κ3) is 6.96. The van der Waals surface area contributed by atoms with Gasteiger partial charge in [-0.15, -0.1) is 0 Å². The topological polar surface area (TPSA) is 9.23 Å². The van der Waals surface area contributed by atoms with Crippen LogP contribution in [0.2, 0.25) is 0 Å². The molecule has 0 bridgehead atoms. The van der Waals surface area contributed by atoms with Gasteiger partial charge in [0.2, 0.25) is 0 Å². The molecule has 1 aromatic carbocycles. The van der Waals surface area contributed by atoms with Crippen molar-refractivity contribution in [3.63, 3.8) is 0 Å². The summed E-state index contributed by atoms with van der Waals surface area (Å²) < 4.78 is 5.65. The maximum Gasteiger partial charge on any atom is 0.0677 e. The predicted molar refractivity (Wildman–Crippen MR) is 75.1 cm³/mol. The highest BCUT2D eigenvalue weighted by Crippen LogP contribution is 2.07. The molecular formula is C16H24O. The summed E-state index contributed by atoms with van der Waals surface area (Å²) in [6.45, 7) is 5.99. The quantitative estimate of drug-likeness (QED) is 0.591. The first-order chi connectivity index (χ1) is 8.33. The molecule has 0 radical (unpaired) electrons. The summed E-state index contributed by atoms with van der Waals surface area (Å²) in [7, 11) is 0. The molecule has 0 fully saturated rings. The molecule has 0 aliphatic heterocycles. The van der Waals surface area contributed by atoms with Crippen molar-refractivity contribution in [3.05, 3.63) is 41.5 Å². The van der Waals surface area contributed by atoms with E-state index in [1.165, 1.54) is 36.8 Å². The predicted octanol–water partition coefficient (Wildman–Crippen LogP) is 4.69. The van der Waals surface area contributed by atoms with Gasteiger partial charge < -0.3 is 4.74 Å². The van der Waals surface area contributed by atoms with Gasteiger partial charge in [0.1, 0.15) is 0 Å². The fourth-order valence-electron chi connectivity index (χ4n) is 1.74. The Labute approximate surface area is 106 Å². The van der Waals surface area contributed by atoms with Crippen LogP contribution in [-0.2, 0) is 4.74 Å². The molecule has 1 rings (SSSR count). The highest BCUT2D eigenvalue weighted by Gasteiger charge is 1.93. The minimum atomic E-state index is 0.751. The molecule has 0 saturated heterocycles. The van der Waals surface area contributed by atoms with E-state index in [1.807, 2.05) is 6.07 Å². The van der Waals surface area contributed by atoms with Crippen LogP contribution in [-0.4, -0.2) is 13.2 Å². The maximum absolute atomic E-state index is 5.65. The van der Waals surface area contributed by atoms with E-state index < -0.39 is 0 Å². The van der Waals surface area contributed by atoms with Crippen molar-refractivity contribution in [2.75, 3.05) is 13.2 Å². The van der Waals surface area contributed by atoms with Crippen molar-refractivity contribution in [2.24, 2.45) is 0 Å². The number of ether oxygens (including phenoxy) is 1. The van der Waals surface area contributed by atoms with E-state index in [2.05, 4.69) is 44.2 Å². The van der Waals surface area contributed by atoms with Crippen LogP contribution in [0, 0.1) is 0 Å². The Hall–Kier alpha value is -1.08.